The van der Waals surface area contributed by atoms with Crippen LogP contribution in [0.3, 0.4) is 0 Å². The van der Waals surface area contributed by atoms with E-state index in [0.29, 0.717) is 11.3 Å². The summed E-state index contributed by atoms with van der Waals surface area (Å²) in [4.78, 5) is 11.4. The van der Waals surface area contributed by atoms with Crippen molar-refractivity contribution in [2.75, 3.05) is 0 Å². The number of amides is 1. The first-order chi connectivity index (χ1) is 12.2. The van der Waals surface area contributed by atoms with Gasteiger partial charge in [-0.1, -0.05) is 35.9 Å². The van der Waals surface area contributed by atoms with Crippen molar-refractivity contribution < 1.29 is 18.0 Å². The number of carbonyl (C=O) groups excluding carboxylic acids is 1. The maximum atomic E-state index is 13.0. The molecule has 3 rings (SSSR count). The Morgan fingerprint density at radius 3 is 2.46 bits per heavy atom. The zero-order chi connectivity index (χ0) is 18.9. The Bertz CT molecular complexity index is 943. The van der Waals surface area contributed by atoms with Gasteiger partial charge in [0.1, 0.15) is 0 Å². The van der Waals surface area contributed by atoms with E-state index in [1.165, 1.54) is 23.0 Å². The van der Waals surface area contributed by atoms with Crippen LogP contribution in [0.1, 0.15) is 16.7 Å². The van der Waals surface area contributed by atoms with E-state index in [0.717, 1.165) is 23.3 Å². The van der Waals surface area contributed by atoms with E-state index in [4.69, 9.17) is 5.73 Å². The van der Waals surface area contributed by atoms with Crippen LogP contribution in [0.5, 0.6) is 0 Å². The molecule has 1 aromatic heterocycles. The molecule has 0 aliphatic rings. The molecule has 26 heavy (non-hydrogen) atoms. The highest BCUT2D eigenvalue weighted by atomic mass is 19.4. The number of hydrogen-bond donors (Lipinski definition) is 1. The lowest BCUT2D eigenvalue weighted by Crippen LogP contribution is -2.13. The minimum atomic E-state index is -4.45. The number of rotatable bonds is 4. The van der Waals surface area contributed by atoms with Crippen molar-refractivity contribution >= 4 is 5.91 Å². The average molecular weight is 359 g/mol. The second-order valence-corrected chi connectivity index (χ2v) is 6.00. The Labute approximate surface area is 148 Å². The standard InChI is InChI=1S/C19H16F3N3O/c1-12-5-7-13(8-6-12)18-14(9-17(23)26)11-25(24-18)16-4-2-3-15(10-16)19(20,21)22/h2-8,10-11H,9H2,1H3,(H2,23,26). The van der Waals surface area contributed by atoms with Crippen LogP contribution in [0.2, 0.25) is 0 Å². The van der Waals surface area contributed by atoms with Gasteiger partial charge in [0, 0.05) is 17.3 Å². The molecule has 0 aliphatic carbocycles. The van der Waals surface area contributed by atoms with Crippen LogP contribution in [-0.2, 0) is 17.4 Å². The molecule has 1 heterocycles. The van der Waals surface area contributed by atoms with Gasteiger partial charge in [-0.05, 0) is 25.1 Å². The topological polar surface area (TPSA) is 60.9 Å². The zero-order valence-electron chi connectivity index (χ0n) is 13.9. The normalized spacial score (nSPS) is 11.5. The number of carbonyl (C=O) groups is 1. The number of primary amides is 1. The van der Waals surface area contributed by atoms with Gasteiger partial charge >= 0.3 is 6.18 Å². The third-order valence-electron chi connectivity index (χ3n) is 3.92. The smallest absolute Gasteiger partial charge is 0.369 e. The SMILES string of the molecule is Cc1ccc(-c2nn(-c3cccc(C(F)(F)F)c3)cc2CC(N)=O)cc1. The number of benzene rings is 2. The minimum Gasteiger partial charge on any atom is -0.369 e. The molecule has 4 nitrogen and oxygen atoms in total. The van der Waals surface area contributed by atoms with E-state index < -0.39 is 17.6 Å². The van der Waals surface area contributed by atoms with Gasteiger partial charge in [0.25, 0.3) is 0 Å². The van der Waals surface area contributed by atoms with Gasteiger partial charge < -0.3 is 5.73 Å². The molecule has 0 atom stereocenters. The number of hydrogen-bond acceptors (Lipinski definition) is 2. The van der Waals surface area contributed by atoms with Crippen LogP contribution in [0.4, 0.5) is 13.2 Å². The lowest BCUT2D eigenvalue weighted by atomic mass is 10.0. The Balaban J connectivity index is 2.09. The molecule has 0 spiro atoms. The third kappa shape index (κ3) is 3.77. The van der Waals surface area contributed by atoms with Gasteiger partial charge in [0.05, 0.1) is 23.4 Å². The summed E-state index contributed by atoms with van der Waals surface area (Å²) >= 11 is 0. The van der Waals surface area contributed by atoms with Crippen LogP contribution < -0.4 is 5.73 Å². The van der Waals surface area contributed by atoms with Crippen LogP contribution in [0.15, 0.2) is 54.7 Å². The van der Waals surface area contributed by atoms with E-state index in [-0.39, 0.29) is 12.1 Å². The van der Waals surface area contributed by atoms with Gasteiger partial charge in [0.15, 0.2) is 0 Å². The minimum absolute atomic E-state index is 0.0534. The molecule has 2 aromatic carbocycles. The molecule has 0 radical (unpaired) electrons. The highest BCUT2D eigenvalue weighted by molar-refractivity contribution is 5.79. The van der Waals surface area contributed by atoms with E-state index in [1.807, 2.05) is 31.2 Å². The van der Waals surface area contributed by atoms with Crippen molar-refractivity contribution in [3.63, 3.8) is 0 Å². The summed E-state index contributed by atoms with van der Waals surface area (Å²) in [6, 6.07) is 12.3. The number of nitrogens with two attached hydrogens (primary N) is 1. The Hall–Kier alpha value is -3.09. The van der Waals surface area contributed by atoms with Gasteiger partial charge in [-0.15, -0.1) is 0 Å². The van der Waals surface area contributed by atoms with Crippen molar-refractivity contribution in [2.45, 2.75) is 19.5 Å². The molecule has 0 aliphatic heterocycles. The fraction of sp³-hybridized carbons (Fsp3) is 0.158. The maximum absolute atomic E-state index is 13.0. The molecule has 0 unspecified atom stereocenters. The van der Waals surface area contributed by atoms with Crippen molar-refractivity contribution in [1.29, 1.82) is 0 Å². The van der Waals surface area contributed by atoms with Crippen LogP contribution in [0, 0.1) is 6.92 Å². The van der Waals surface area contributed by atoms with E-state index in [2.05, 4.69) is 5.10 Å². The molecule has 7 heteroatoms. The summed E-state index contributed by atoms with van der Waals surface area (Å²) in [5.41, 5.74) is 7.68. The molecule has 0 saturated carbocycles. The van der Waals surface area contributed by atoms with Crippen LogP contribution >= 0.6 is 0 Å². The molecule has 3 aromatic rings. The Morgan fingerprint density at radius 1 is 1.15 bits per heavy atom. The molecule has 134 valence electrons. The number of aryl methyl sites for hydroxylation is 1. The number of nitrogens with zero attached hydrogens (tertiary/aromatic N) is 2. The molecular weight excluding hydrogens is 343 g/mol. The Morgan fingerprint density at radius 2 is 1.85 bits per heavy atom. The summed E-state index contributed by atoms with van der Waals surface area (Å²) in [7, 11) is 0. The second kappa shape index (κ2) is 6.67. The van der Waals surface area contributed by atoms with E-state index in [9.17, 15) is 18.0 Å². The van der Waals surface area contributed by atoms with Crippen molar-refractivity contribution in [2.24, 2.45) is 5.73 Å². The average Bonchev–Trinajstić information content (AvgIpc) is 2.98. The van der Waals surface area contributed by atoms with Crippen molar-refractivity contribution in [3.8, 4) is 16.9 Å². The fourth-order valence-electron chi connectivity index (χ4n) is 2.64. The second-order valence-electron chi connectivity index (χ2n) is 6.00. The first kappa shape index (κ1) is 17.7. The lowest BCUT2D eigenvalue weighted by Gasteiger charge is -2.08. The van der Waals surface area contributed by atoms with Crippen molar-refractivity contribution in [3.05, 3.63) is 71.4 Å². The maximum Gasteiger partial charge on any atom is 0.416 e. The van der Waals surface area contributed by atoms with Crippen LogP contribution in [-0.4, -0.2) is 15.7 Å². The molecule has 2 N–H and O–H groups in total. The summed E-state index contributed by atoms with van der Waals surface area (Å²) in [5, 5.41) is 4.40. The predicted octanol–water partition coefficient (Wildman–Crippen LogP) is 3.89. The van der Waals surface area contributed by atoms with Crippen molar-refractivity contribution in [1.82, 2.24) is 9.78 Å². The lowest BCUT2D eigenvalue weighted by molar-refractivity contribution is -0.137. The van der Waals surface area contributed by atoms with Gasteiger partial charge in [0.2, 0.25) is 5.91 Å². The predicted molar refractivity (Wildman–Crippen MR) is 91.6 cm³/mol. The number of halogens is 3. The summed E-state index contributed by atoms with van der Waals surface area (Å²) in [6.45, 7) is 1.94. The fourth-order valence-corrected chi connectivity index (χ4v) is 2.64. The monoisotopic (exact) mass is 359 g/mol. The van der Waals surface area contributed by atoms with E-state index in [1.54, 1.807) is 0 Å². The summed E-state index contributed by atoms with van der Waals surface area (Å²) < 4.78 is 40.2. The van der Waals surface area contributed by atoms with Gasteiger partial charge in [-0.2, -0.15) is 18.3 Å². The first-order valence-electron chi connectivity index (χ1n) is 7.85. The number of aromatic nitrogens is 2. The van der Waals surface area contributed by atoms with Crippen LogP contribution in [0.25, 0.3) is 16.9 Å². The molecule has 1 amide bonds. The molecule has 0 fully saturated rings. The highest BCUT2D eigenvalue weighted by Gasteiger charge is 2.30. The van der Waals surface area contributed by atoms with Gasteiger partial charge in [-0.3, -0.25) is 4.79 Å². The molecular formula is C19H16F3N3O. The van der Waals surface area contributed by atoms with E-state index >= 15 is 0 Å². The molecule has 0 bridgehead atoms. The summed E-state index contributed by atoms with van der Waals surface area (Å²) in [6.07, 6.45) is -2.96. The highest BCUT2D eigenvalue weighted by Crippen LogP contribution is 2.31. The zero-order valence-corrected chi connectivity index (χ0v) is 13.9. The third-order valence-corrected chi connectivity index (χ3v) is 3.92. The van der Waals surface area contributed by atoms with Gasteiger partial charge in [-0.25, -0.2) is 4.68 Å². The first-order valence-corrected chi connectivity index (χ1v) is 7.85. The quantitative estimate of drug-likeness (QED) is 0.768. The Kier molecular flexibility index (Phi) is 4.54. The number of alkyl halides is 3. The molecule has 0 saturated heterocycles. The summed E-state index contributed by atoms with van der Waals surface area (Å²) in [5.74, 6) is -0.540. The largest absolute Gasteiger partial charge is 0.416 e.